The molecule has 1 aromatic rings. The predicted octanol–water partition coefficient (Wildman–Crippen LogP) is 2.76. The Morgan fingerprint density at radius 2 is 2.35 bits per heavy atom. The molecule has 0 aliphatic carbocycles. The van der Waals surface area contributed by atoms with Crippen molar-refractivity contribution in [3.63, 3.8) is 0 Å². The Morgan fingerprint density at radius 3 is 2.94 bits per heavy atom. The van der Waals surface area contributed by atoms with Gasteiger partial charge in [0.2, 0.25) is 0 Å². The van der Waals surface area contributed by atoms with Crippen molar-refractivity contribution in [2.24, 2.45) is 0 Å². The van der Waals surface area contributed by atoms with Gasteiger partial charge in [0.1, 0.15) is 5.76 Å². The van der Waals surface area contributed by atoms with Gasteiger partial charge in [-0.05, 0) is 44.9 Å². The van der Waals surface area contributed by atoms with Crippen LogP contribution in [0.4, 0.5) is 0 Å². The molecule has 1 N–H and O–H groups in total. The van der Waals surface area contributed by atoms with Crippen LogP contribution >= 0.6 is 0 Å². The third-order valence-corrected chi connectivity index (χ3v) is 3.37. The molecule has 0 radical (unpaired) electrons. The molecule has 3 atom stereocenters. The minimum absolute atomic E-state index is 0.335. The van der Waals surface area contributed by atoms with Crippen LogP contribution in [0.15, 0.2) is 22.8 Å². The second-order valence-corrected chi connectivity index (χ2v) is 4.91. The van der Waals surface area contributed by atoms with Crippen molar-refractivity contribution in [2.75, 3.05) is 6.54 Å². The Morgan fingerprint density at radius 1 is 1.47 bits per heavy atom. The fraction of sp³-hybridized carbons (Fsp3) is 0.714. The van der Waals surface area contributed by atoms with E-state index in [1.165, 1.54) is 6.42 Å². The van der Waals surface area contributed by atoms with E-state index in [1.54, 1.807) is 6.26 Å². The fourth-order valence-corrected chi connectivity index (χ4v) is 2.44. The van der Waals surface area contributed by atoms with E-state index in [0.717, 1.165) is 31.6 Å². The minimum atomic E-state index is 0.335. The highest BCUT2D eigenvalue weighted by Gasteiger charge is 2.29. The van der Waals surface area contributed by atoms with E-state index in [9.17, 15) is 0 Å². The van der Waals surface area contributed by atoms with E-state index in [4.69, 9.17) is 9.15 Å². The molecule has 0 saturated carbocycles. The van der Waals surface area contributed by atoms with Gasteiger partial charge in [-0.1, -0.05) is 6.92 Å². The second kappa shape index (κ2) is 6.22. The van der Waals surface area contributed by atoms with Gasteiger partial charge in [-0.15, -0.1) is 0 Å². The molecule has 3 heteroatoms. The van der Waals surface area contributed by atoms with E-state index >= 15 is 0 Å². The fourth-order valence-electron chi connectivity index (χ4n) is 2.44. The summed E-state index contributed by atoms with van der Waals surface area (Å²) in [6.45, 7) is 5.39. The molecule has 3 nitrogen and oxygen atoms in total. The first kappa shape index (κ1) is 12.7. The van der Waals surface area contributed by atoms with Crippen LogP contribution in [-0.2, 0) is 11.2 Å². The third kappa shape index (κ3) is 3.58. The standard InChI is InChI=1S/C14H23NO2/c1-3-8-15-13(10-12-5-4-9-16-12)14-7-6-11(2)17-14/h4-5,9,11,13-15H,3,6-8,10H2,1-2H3. The van der Waals surface area contributed by atoms with Gasteiger partial charge in [-0.25, -0.2) is 0 Å². The summed E-state index contributed by atoms with van der Waals surface area (Å²) in [6, 6.07) is 4.37. The molecule has 0 spiro atoms. The van der Waals surface area contributed by atoms with Gasteiger partial charge in [-0.2, -0.15) is 0 Å². The lowest BCUT2D eigenvalue weighted by Crippen LogP contribution is -2.42. The first-order valence-corrected chi connectivity index (χ1v) is 6.70. The lowest BCUT2D eigenvalue weighted by atomic mass is 10.0. The van der Waals surface area contributed by atoms with Crippen LogP contribution in [0.5, 0.6) is 0 Å². The molecule has 2 heterocycles. The molecule has 1 saturated heterocycles. The van der Waals surface area contributed by atoms with Crippen molar-refractivity contribution in [2.45, 2.75) is 57.8 Å². The number of ether oxygens (including phenoxy) is 1. The van der Waals surface area contributed by atoms with E-state index in [2.05, 4.69) is 19.2 Å². The van der Waals surface area contributed by atoms with Gasteiger partial charge < -0.3 is 14.5 Å². The topological polar surface area (TPSA) is 34.4 Å². The Balaban J connectivity index is 1.92. The molecule has 0 amide bonds. The van der Waals surface area contributed by atoms with Gasteiger partial charge in [0.05, 0.1) is 18.5 Å². The summed E-state index contributed by atoms with van der Waals surface area (Å²) in [6.07, 6.45) is 6.88. The molecule has 1 aromatic heterocycles. The van der Waals surface area contributed by atoms with Crippen LogP contribution in [-0.4, -0.2) is 24.8 Å². The molecular formula is C14H23NO2. The van der Waals surface area contributed by atoms with E-state index in [-0.39, 0.29) is 0 Å². The molecule has 17 heavy (non-hydrogen) atoms. The second-order valence-electron chi connectivity index (χ2n) is 4.91. The molecule has 1 aliphatic heterocycles. The molecule has 0 bridgehead atoms. The Labute approximate surface area is 104 Å². The molecule has 3 unspecified atom stereocenters. The average Bonchev–Trinajstić information content (AvgIpc) is 2.95. The van der Waals surface area contributed by atoms with Gasteiger partial charge in [-0.3, -0.25) is 0 Å². The zero-order chi connectivity index (χ0) is 12.1. The normalized spacial score (nSPS) is 26.2. The largest absolute Gasteiger partial charge is 0.469 e. The Hall–Kier alpha value is -0.800. The van der Waals surface area contributed by atoms with Crippen LogP contribution < -0.4 is 5.32 Å². The van der Waals surface area contributed by atoms with Crippen LogP contribution in [0.1, 0.15) is 38.9 Å². The van der Waals surface area contributed by atoms with Crippen LogP contribution in [0.2, 0.25) is 0 Å². The summed E-state index contributed by atoms with van der Waals surface area (Å²) in [7, 11) is 0. The quantitative estimate of drug-likeness (QED) is 0.826. The smallest absolute Gasteiger partial charge is 0.105 e. The zero-order valence-corrected chi connectivity index (χ0v) is 10.8. The first-order chi connectivity index (χ1) is 8.29. The highest BCUT2D eigenvalue weighted by molar-refractivity contribution is 5.02. The van der Waals surface area contributed by atoms with Crippen molar-refractivity contribution >= 4 is 0 Å². The monoisotopic (exact) mass is 237 g/mol. The molecule has 0 aromatic carbocycles. The number of furan rings is 1. The molecule has 1 fully saturated rings. The van der Waals surface area contributed by atoms with E-state index < -0.39 is 0 Å². The van der Waals surface area contributed by atoms with Crippen LogP contribution in [0, 0.1) is 0 Å². The maximum absolute atomic E-state index is 5.97. The van der Waals surface area contributed by atoms with Crippen molar-refractivity contribution < 1.29 is 9.15 Å². The number of hydrogen-bond acceptors (Lipinski definition) is 3. The molecule has 1 aliphatic rings. The summed E-state index contributed by atoms with van der Waals surface area (Å²) in [5.74, 6) is 1.04. The molecule has 2 rings (SSSR count). The summed E-state index contributed by atoms with van der Waals surface area (Å²) >= 11 is 0. The average molecular weight is 237 g/mol. The minimum Gasteiger partial charge on any atom is -0.469 e. The van der Waals surface area contributed by atoms with Crippen LogP contribution in [0.3, 0.4) is 0 Å². The summed E-state index contributed by atoms with van der Waals surface area (Å²) in [5.41, 5.74) is 0. The maximum Gasteiger partial charge on any atom is 0.105 e. The lowest BCUT2D eigenvalue weighted by Gasteiger charge is -2.24. The van der Waals surface area contributed by atoms with E-state index in [0.29, 0.717) is 18.2 Å². The Bertz CT molecular complexity index is 310. The number of nitrogens with one attached hydrogen (secondary N) is 1. The van der Waals surface area contributed by atoms with Crippen LogP contribution in [0.25, 0.3) is 0 Å². The maximum atomic E-state index is 5.97. The van der Waals surface area contributed by atoms with Crippen molar-refractivity contribution in [1.82, 2.24) is 5.32 Å². The van der Waals surface area contributed by atoms with Gasteiger partial charge >= 0.3 is 0 Å². The van der Waals surface area contributed by atoms with Gasteiger partial charge in [0, 0.05) is 12.5 Å². The summed E-state index contributed by atoms with van der Waals surface area (Å²) < 4.78 is 11.4. The molecule has 96 valence electrons. The van der Waals surface area contributed by atoms with Gasteiger partial charge in [0.25, 0.3) is 0 Å². The molecular weight excluding hydrogens is 214 g/mol. The highest BCUT2D eigenvalue weighted by atomic mass is 16.5. The number of rotatable bonds is 6. The van der Waals surface area contributed by atoms with Crippen molar-refractivity contribution in [3.05, 3.63) is 24.2 Å². The van der Waals surface area contributed by atoms with Crippen molar-refractivity contribution in [3.8, 4) is 0 Å². The summed E-state index contributed by atoms with van der Waals surface area (Å²) in [5, 5.41) is 3.59. The Kier molecular flexibility index (Phi) is 4.63. The third-order valence-electron chi connectivity index (χ3n) is 3.37. The highest BCUT2D eigenvalue weighted by Crippen LogP contribution is 2.23. The first-order valence-electron chi connectivity index (χ1n) is 6.70. The lowest BCUT2D eigenvalue weighted by molar-refractivity contribution is 0.0310. The van der Waals surface area contributed by atoms with E-state index in [1.807, 2.05) is 12.1 Å². The predicted molar refractivity (Wildman–Crippen MR) is 68.1 cm³/mol. The number of hydrogen-bond donors (Lipinski definition) is 1. The van der Waals surface area contributed by atoms with Crippen molar-refractivity contribution in [1.29, 1.82) is 0 Å². The summed E-state index contributed by atoms with van der Waals surface area (Å²) in [4.78, 5) is 0. The zero-order valence-electron chi connectivity index (χ0n) is 10.8. The SMILES string of the molecule is CCCNC(Cc1ccco1)C1CCC(C)O1. The van der Waals surface area contributed by atoms with Gasteiger partial charge in [0.15, 0.2) is 0 Å².